The third-order valence-electron chi connectivity index (χ3n) is 2.26. The monoisotopic (exact) mass is 215 g/mol. The van der Waals surface area contributed by atoms with Crippen molar-refractivity contribution in [3.63, 3.8) is 0 Å². The van der Waals surface area contributed by atoms with Gasteiger partial charge in [0.05, 0.1) is 0 Å². The van der Waals surface area contributed by atoms with Gasteiger partial charge >= 0.3 is 0 Å². The molecule has 0 saturated carbocycles. The molecule has 78 valence electrons. The van der Waals surface area contributed by atoms with Gasteiger partial charge in [0.1, 0.15) is 11.5 Å². The molecule has 0 radical (unpaired) electrons. The second-order valence-corrected chi connectivity index (χ2v) is 3.21. The highest BCUT2D eigenvalue weighted by Crippen LogP contribution is 2.21. The van der Waals surface area contributed by atoms with E-state index in [1.807, 2.05) is 0 Å². The molecule has 0 aromatic carbocycles. The Kier molecular flexibility index (Phi) is 1.86. The Morgan fingerprint density at radius 3 is 2.69 bits per heavy atom. The predicted molar refractivity (Wildman–Crippen MR) is 54.0 cm³/mol. The first-order chi connectivity index (χ1) is 7.86. The number of tetrazole rings is 1. The summed E-state index contributed by atoms with van der Waals surface area (Å²) in [6.45, 7) is 0. The second-order valence-electron chi connectivity index (χ2n) is 3.21. The van der Waals surface area contributed by atoms with Crippen LogP contribution in [0.1, 0.15) is 0 Å². The number of fused-ring (bicyclic) bond motifs is 1. The number of rotatable bonds is 1. The van der Waals surface area contributed by atoms with Crippen LogP contribution in [-0.4, -0.2) is 25.0 Å². The fourth-order valence-corrected chi connectivity index (χ4v) is 1.55. The number of aromatic nitrogens is 5. The van der Waals surface area contributed by atoms with Crippen LogP contribution in [0, 0.1) is 5.82 Å². The summed E-state index contributed by atoms with van der Waals surface area (Å²) in [6, 6.07) is 6.29. The van der Waals surface area contributed by atoms with E-state index in [1.54, 1.807) is 24.5 Å². The molecular formula is C10H6FN5. The average Bonchev–Trinajstić information content (AvgIpc) is 2.78. The molecule has 3 aromatic heterocycles. The molecule has 0 bridgehead atoms. The number of hydrogen-bond acceptors (Lipinski definition) is 4. The van der Waals surface area contributed by atoms with Crippen molar-refractivity contribution in [2.75, 3.05) is 0 Å². The number of halogens is 1. The van der Waals surface area contributed by atoms with Gasteiger partial charge in [-0.2, -0.15) is 4.52 Å². The third kappa shape index (κ3) is 1.23. The molecule has 0 saturated heterocycles. The predicted octanol–water partition coefficient (Wildman–Crippen LogP) is 1.33. The molecule has 0 spiro atoms. The van der Waals surface area contributed by atoms with Crippen molar-refractivity contribution in [3.05, 3.63) is 42.5 Å². The molecule has 0 aliphatic heterocycles. The topological polar surface area (TPSA) is 56.0 Å². The molecule has 6 heteroatoms. The average molecular weight is 215 g/mol. The molecule has 0 fully saturated rings. The van der Waals surface area contributed by atoms with Crippen LogP contribution >= 0.6 is 0 Å². The summed E-state index contributed by atoms with van der Waals surface area (Å²) in [7, 11) is 0. The molecule has 3 heterocycles. The van der Waals surface area contributed by atoms with E-state index in [-0.39, 0.29) is 5.82 Å². The van der Waals surface area contributed by atoms with E-state index >= 15 is 0 Å². The Morgan fingerprint density at radius 1 is 1.06 bits per heavy atom. The maximum absolute atomic E-state index is 13.7. The van der Waals surface area contributed by atoms with Crippen LogP contribution in [0.25, 0.3) is 16.9 Å². The van der Waals surface area contributed by atoms with E-state index in [9.17, 15) is 4.39 Å². The second kappa shape index (κ2) is 3.34. The fourth-order valence-electron chi connectivity index (χ4n) is 1.55. The third-order valence-corrected chi connectivity index (χ3v) is 2.26. The lowest BCUT2D eigenvalue weighted by atomic mass is 10.2. The van der Waals surface area contributed by atoms with Crippen LogP contribution in [-0.2, 0) is 0 Å². The van der Waals surface area contributed by atoms with Crippen LogP contribution < -0.4 is 0 Å². The summed E-state index contributed by atoms with van der Waals surface area (Å²) in [6.07, 6.45) is 3.19. The van der Waals surface area contributed by atoms with Gasteiger partial charge in [-0.05, 0) is 34.7 Å². The summed E-state index contributed by atoms with van der Waals surface area (Å²) in [4.78, 5) is 3.88. The maximum atomic E-state index is 13.7. The van der Waals surface area contributed by atoms with Gasteiger partial charge in [-0.25, -0.2) is 4.39 Å². The quantitative estimate of drug-likeness (QED) is 0.614. The highest BCUT2D eigenvalue weighted by molar-refractivity contribution is 5.62. The van der Waals surface area contributed by atoms with Crippen molar-refractivity contribution in [2.24, 2.45) is 0 Å². The number of hydrogen-bond donors (Lipinski definition) is 0. The number of pyridine rings is 2. The van der Waals surface area contributed by atoms with Crippen molar-refractivity contribution >= 4 is 5.65 Å². The van der Waals surface area contributed by atoms with E-state index in [4.69, 9.17) is 0 Å². The van der Waals surface area contributed by atoms with Crippen molar-refractivity contribution in [3.8, 4) is 11.3 Å². The zero-order chi connectivity index (χ0) is 11.0. The van der Waals surface area contributed by atoms with Crippen molar-refractivity contribution in [2.45, 2.75) is 0 Å². The summed E-state index contributed by atoms with van der Waals surface area (Å²) in [5, 5.41) is 11.0. The molecule has 0 amide bonds. The van der Waals surface area contributed by atoms with Crippen LogP contribution in [0.3, 0.4) is 0 Å². The van der Waals surface area contributed by atoms with Gasteiger partial charge in [-0.15, -0.1) is 5.10 Å². The first-order valence-corrected chi connectivity index (χ1v) is 4.63. The minimum atomic E-state index is -0.369. The zero-order valence-electron chi connectivity index (χ0n) is 8.08. The molecule has 0 unspecified atom stereocenters. The first kappa shape index (κ1) is 8.90. The van der Waals surface area contributed by atoms with Gasteiger partial charge in [0.15, 0.2) is 5.65 Å². The van der Waals surface area contributed by atoms with Gasteiger partial charge in [-0.3, -0.25) is 4.98 Å². The summed E-state index contributed by atoms with van der Waals surface area (Å²) in [5.41, 5.74) is 1.53. The number of nitrogens with zero attached hydrogens (tertiary/aromatic N) is 5. The van der Waals surface area contributed by atoms with Crippen LogP contribution in [0.15, 0.2) is 36.7 Å². The van der Waals surface area contributed by atoms with Crippen LogP contribution in [0.2, 0.25) is 0 Å². The molecule has 0 atom stereocenters. The molecular weight excluding hydrogens is 209 g/mol. The van der Waals surface area contributed by atoms with E-state index in [0.29, 0.717) is 16.9 Å². The van der Waals surface area contributed by atoms with Gasteiger partial charge in [0.2, 0.25) is 0 Å². The lowest BCUT2D eigenvalue weighted by Crippen LogP contribution is -1.98. The van der Waals surface area contributed by atoms with Crippen molar-refractivity contribution < 1.29 is 4.39 Å². The first-order valence-electron chi connectivity index (χ1n) is 4.63. The van der Waals surface area contributed by atoms with Gasteiger partial charge in [0.25, 0.3) is 0 Å². The SMILES string of the molecule is Fc1ccc2nnnn2c1-c1ccncc1. The largest absolute Gasteiger partial charge is 0.265 e. The van der Waals surface area contributed by atoms with Crippen LogP contribution in [0.5, 0.6) is 0 Å². The minimum Gasteiger partial charge on any atom is -0.265 e. The van der Waals surface area contributed by atoms with E-state index in [2.05, 4.69) is 20.5 Å². The molecule has 0 aliphatic carbocycles. The molecule has 3 aromatic rings. The molecule has 0 aliphatic rings. The Morgan fingerprint density at radius 2 is 1.88 bits per heavy atom. The fraction of sp³-hybridized carbons (Fsp3) is 0. The van der Waals surface area contributed by atoms with Crippen LogP contribution in [0.4, 0.5) is 4.39 Å². The zero-order valence-corrected chi connectivity index (χ0v) is 8.08. The minimum absolute atomic E-state index is 0.338. The van der Waals surface area contributed by atoms with Gasteiger partial charge < -0.3 is 0 Å². The lowest BCUT2D eigenvalue weighted by molar-refractivity contribution is 0.618. The van der Waals surface area contributed by atoms with Crippen molar-refractivity contribution in [1.29, 1.82) is 0 Å². The smallest absolute Gasteiger partial charge is 0.180 e. The Labute approximate surface area is 89.6 Å². The van der Waals surface area contributed by atoms with E-state index in [1.165, 1.54) is 16.6 Å². The highest BCUT2D eigenvalue weighted by atomic mass is 19.1. The summed E-state index contributed by atoms with van der Waals surface area (Å²) < 4.78 is 15.1. The molecule has 0 N–H and O–H groups in total. The van der Waals surface area contributed by atoms with E-state index < -0.39 is 0 Å². The Balaban J connectivity index is 2.38. The molecule has 3 rings (SSSR count). The molecule has 16 heavy (non-hydrogen) atoms. The van der Waals surface area contributed by atoms with Crippen molar-refractivity contribution in [1.82, 2.24) is 25.0 Å². The molecule has 5 nitrogen and oxygen atoms in total. The Bertz CT molecular complexity index is 634. The summed E-state index contributed by atoms with van der Waals surface area (Å²) >= 11 is 0. The van der Waals surface area contributed by atoms with E-state index in [0.717, 1.165) is 0 Å². The van der Waals surface area contributed by atoms with Gasteiger partial charge in [0, 0.05) is 18.0 Å². The highest BCUT2D eigenvalue weighted by Gasteiger charge is 2.11. The standard InChI is InChI=1S/C10H6FN5/c11-8-1-2-9-13-14-15-16(9)10(8)7-3-5-12-6-4-7/h1-6H. The van der Waals surface area contributed by atoms with Gasteiger partial charge in [-0.1, -0.05) is 0 Å². The lowest BCUT2D eigenvalue weighted by Gasteiger charge is -2.03. The summed E-state index contributed by atoms with van der Waals surface area (Å²) in [5.74, 6) is -0.369. The Hall–Kier alpha value is -2.37. The normalized spacial score (nSPS) is 10.8. The maximum Gasteiger partial charge on any atom is 0.180 e.